The molecule has 1 N–H and O–H groups in total. The van der Waals surface area contributed by atoms with Gasteiger partial charge in [0.2, 0.25) is 5.91 Å². The van der Waals surface area contributed by atoms with Gasteiger partial charge < -0.3 is 9.88 Å². The van der Waals surface area contributed by atoms with E-state index in [1.165, 1.54) is 4.68 Å². The highest BCUT2D eigenvalue weighted by atomic mass is 35.5. The van der Waals surface area contributed by atoms with Gasteiger partial charge in [-0.25, -0.2) is 4.68 Å². The van der Waals surface area contributed by atoms with E-state index in [-0.39, 0.29) is 24.1 Å². The van der Waals surface area contributed by atoms with E-state index >= 15 is 0 Å². The van der Waals surface area contributed by atoms with E-state index in [2.05, 4.69) is 15.0 Å². The van der Waals surface area contributed by atoms with Gasteiger partial charge in [0, 0.05) is 34.4 Å². The van der Waals surface area contributed by atoms with Crippen molar-refractivity contribution in [1.29, 1.82) is 0 Å². The molecule has 0 atom stereocenters. The number of nitrogens with one attached hydrogen (secondary N) is 1. The van der Waals surface area contributed by atoms with Gasteiger partial charge in [0.25, 0.3) is 5.56 Å². The predicted octanol–water partition coefficient (Wildman–Crippen LogP) is 3.58. The number of rotatable bonds is 5. The maximum atomic E-state index is 13.1. The molecule has 1 aromatic carbocycles. The molecule has 0 aliphatic heterocycles. The highest BCUT2D eigenvalue weighted by Crippen LogP contribution is 2.24. The number of benzene rings is 1. The molecule has 1 aliphatic carbocycles. The van der Waals surface area contributed by atoms with Crippen molar-refractivity contribution in [3.8, 4) is 0 Å². The minimum absolute atomic E-state index is 0.0523. The number of halogens is 1. The van der Waals surface area contributed by atoms with Crippen molar-refractivity contribution in [2.75, 3.05) is 0 Å². The van der Waals surface area contributed by atoms with E-state index in [0.717, 1.165) is 48.0 Å². The van der Waals surface area contributed by atoms with Crippen LogP contribution in [0.4, 0.5) is 0 Å². The van der Waals surface area contributed by atoms with E-state index in [1.54, 1.807) is 6.20 Å². The summed E-state index contributed by atoms with van der Waals surface area (Å²) in [5, 5.41) is 9.41. The van der Waals surface area contributed by atoms with Crippen molar-refractivity contribution in [3.63, 3.8) is 0 Å². The quantitative estimate of drug-likeness (QED) is 0.696. The molecule has 29 heavy (non-hydrogen) atoms. The van der Waals surface area contributed by atoms with E-state index in [1.807, 2.05) is 38.1 Å². The van der Waals surface area contributed by atoms with Crippen molar-refractivity contribution in [3.05, 3.63) is 62.8 Å². The van der Waals surface area contributed by atoms with Gasteiger partial charge in [0.1, 0.15) is 6.54 Å². The number of carbonyl (C=O) groups is 1. The van der Waals surface area contributed by atoms with Gasteiger partial charge in [-0.3, -0.25) is 9.59 Å². The Morgan fingerprint density at radius 3 is 2.72 bits per heavy atom. The highest BCUT2D eigenvalue weighted by Gasteiger charge is 2.20. The second kappa shape index (κ2) is 8.03. The summed E-state index contributed by atoms with van der Waals surface area (Å²) in [7, 11) is 0. The number of hydrogen-bond donors (Lipinski definition) is 1. The number of carbonyl (C=O) groups excluding carboxylic acids is 1. The standard InChI is InChI=1S/C22H25ClN4O2/c1-14-19-11-24-27(13-20(28)25-18-8-3-4-9-18)22(29)21(19)15(2)26(14)12-16-6-5-7-17(23)10-16/h5-7,10-11,18H,3-4,8-9,12-13H2,1-2H3,(H,25,28). The average Bonchev–Trinajstić information content (AvgIpc) is 3.27. The summed E-state index contributed by atoms with van der Waals surface area (Å²) in [5.74, 6) is -0.154. The summed E-state index contributed by atoms with van der Waals surface area (Å²) in [5.41, 5.74) is 2.68. The zero-order valence-electron chi connectivity index (χ0n) is 16.7. The Balaban J connectivity index is 1.64. The third-order valence-corrected chi connectivity index (χ3v) is 6.08. The Hall–Kier alpha value is -2.60. The smallest absolute Gasteiger partial charge is 0.276 e. The van der Waals surface area contributed by atoms with Gasteiger partial charge >= 0.3 is 0 Å². The summed E-state index contributed by atoms with van der Waals surface area (Å²) in [6.07, 6.45) is 6.01. The number of fused-ring (bicyclic) bond motifs is 1. The zero-order chi connectivity index (χ0) is 20.5. The Morgan fingerprint density at radius 2 is 2.00 bits per heavy atom. The van der Waals surface area contributed by atoms with Crippen molar-refractivity contribution >= 4 is 28.3 Å². The van der Waals surface area contributed by atoms with E-state index < -0.39 is 0 Å². The summed E-state index contributed by atoms with van der Waals surface area (Å²) in [4.78, 5) is 25.4. The second-order valence-electron chi connectivity index (χ2n) is 7.83. The van der Waals surface area contributed by atoms with Crippen LogP contribution < -0.4 is 10.9 Å². The average molecular weight is 413 g/mol. The van der Waals surface area contributed by atoms with E-state index in [0.29, 0.717) is 17.0 Å². The number of aryl methyl sites for hydroxylation is 2. The monoisotopic (exact) mass is 412 g/mol. The van der Waals surface area contributed by atoms with Crippen molar-refractivity contribution < 1.29 is 4.79 Å². The molecule has 0 bridgehead atoms. The first-order valence-corrected chi connectivity index (χ1v) is 10.4. The number of nitrogens with zero attached hydrogens (tertiary/aromatic N) is 3. The lowest BCUT2D eigenvalue weighted by atomic mass is 10.2. The lowest BCUT2D eigenvalue weighted by Crippen LogP contribution is -2.38. The molecule has 1 saturated carbocycles. The Labute approximate surface area is 174 Å². The molecule has 1 fully saturated rings. The molecule has 2 aromatic heterocycles. The van der Waals surface area contributed by atoms with Crippen LogP contribution in [0.1, 0.15) is 42.6 Å². The molecule has 3 aromatic rings. The van der Waals surface area contributed by atoms with Gasteiger partial charge in [0.05, 0.1) is 11.6 Å². The molecule has 152 valence electrons. The molecule has 0 radical (unpaired) electrons. The number of amides is 1. The number of aromatic nitrogens is 3. The Bertz CT molecular complexity index is 1130. The predicted molar refractivity (Wildman–Crippen MR) is 114 cm³/mol. The van der Waals surface area contributed by atoms with Crippen LogP contribution in [0.15, 0.2) is 35.3 Å². The SMILES string of the molecule is Cc1c2cnn(CC(=O)NC3CCCC3)c(=O)c2c(C)n1Cc1cccc(Cl)c1. The topological polar surface area (TPSA) is 68.9 Å². The fraction of sp³-hybridized carbons (Fsp3) is 0.409. The van der Waals surface area contributed by atoms with Crippen molar-refractivity contribution in [2.45, 2.75) is 58.7 Å². The molecule has 0 saturated heterocycles. The summed E-state index contributed by atoms with van der Waals surface area (Å²) >= 11 is 6.11. The summed E-state index contributed by atoms with van der Waals surface area (Å²) in [6, 6.07) is 7.93. The largest absolute Gasteiger partial charge is 0.352 e. The van der Waals surface area contributed by atoms with Crippen LogP contribution in [-0.4, -0.2) is 26.3 Å². The van der Waals surface area contributed by atoms with Crippen LogP contribution >= 0.6 is 11.6 Å². The summed E-state index contributed by atoms with van der Waals surface area (Å²) < 4.78 is 3.37. The van der Waals surface area contributed by atoms with Gasteiger partial charge in [-0.05, 0) is 44.4 Å². The first-order chi connectivity index (χ1) is 13.9. The van der Waals surface area contributed by atoms with E-state index in [9.17, 15) is 9.59 Å². The fourth-order valence-electron chi connectivity index (χ4n) is 4.29. The van der Waals surface area contributed by atoms with Gasteiger partial charge in [0.15, 0.2) is 0 Å². The Kier molecular flexibility index (Phi) is 5.46. The minimum atomic E-state index is -0.227. The third kappa shape index (κ3) is 3.94. The lowest BCUT2D eigenvalue weighted by Gasteiger charge is -2.12. The number of hydrogen-bond acceptors (Lipinski definition) is 3. The van der Waals surface area contributed by atoms with Crippen LogP contribution in [-0.2, 0) is 17.9 Å². The van der Waals surface area contributed by atoms with Gasteiger partial charge in [-0.15, -0.1) is 0 Å². The molecular formula is C22H25ClN4O2. The van der Waals surface area contributed by atoms with Gasteiger partial charge in [-0.2, -0.15) is 5.10 Å². The van der Waals surface area contributed by atoms with Crippen LogP contribution in [0.3, 0.4) is 0 Å². The molecular weight excluding hydrogens is 388 g/mol. The molecule has 1 aliphatic rings. The van der Waals surface area contributed by atoms with E-state index in [4.69, 9.17) is 11.6 Å². The van der Waals surface area contributed by atoms with Crippen LogP contribution in [0.25, 0.3) is 10.8 Å². The minimum Gasteiger partial charge on any atom is -0.352 e. The van der Waals surface area contributed by atoms with Crippen LogP contribution in [0, 0.1) is 13.8 Å². The van der Waals surface area contributed by atoms with Crippen LogP contribution in [0.2, 0.25) is 5.02 Å². The molecule has 4 rings (SSSR count). The first-order valence-electron chi connectivity index (χ1n) is 10.0. The molecule has 7 heteroatoms. The molecule has 0 unspecified atom stereocenters. The summed E-state index contributed by atoms with van der Waals surface area (Å²) in [6.45, 7) is 4.49. The second-order valence-corrected chi connectivity index (χ2v) is 8.27. The highest BCUT2D eigenvalue weighted by molar-refractivity contribution is 6.30. The molecule has 2 heterocycles. The fourth-order valence-corrected chi connectivity index (χ4v) is 4.50. The first kappa shape index (κ1) is 19.7. The lowest BCUT2D eigenvalue weighted by molar-refractivity contribution is -0.122. The maximum absolute atomic E-state index is 13.1. The maximum Gasteiger partial charge on any atom is 0.276 e. The van der Waals surface area contributed by atoms with Gasteiger partial charge in [-0.1, -0.05) is 36.6 Å². The molecule has 1 amide bonds. The van der Waals surface area contributed by atoms with Crippen molar-refractivity contribution in [2.24, 2.45) is 0 Å². The normalized spacial score (nSPS) is 14.6. The van der Waals surface area contributed by atoms with Crippen molar-refractivity contribution in [1.82, 2.24) is 19.7 Å². The molecule has 6 nitrogen and oxygen atoms in total. The molecule has 0 spiro atoms. The third-order valence-electron chi connectivity index (χ3n) is 5.85. The zero-order valence-corrected chi connectivity index (χ0v) is 17.5. The Morgan fingerprint density at radius 1 is 1.24 bits per heavy atom. The van der Waals surface area contributed by atoms with Crippen LogP contribution in [0.5, 0.6) is 0 Å².